The number of benzene rings is 2. The second-order valence-electron chi connectivity index (χ2n) is 6.11. The Morgan fingerprint density at radius 2 is 1.60 bits per heavy atom. The zero-order chi connectivity index (χ0) is 17.9. The van der Waals surface area contributed by atoms with Gasteiger partial charge >= 0.3 is 0 Å². The molecule has 1 heterocycles. The van der Waals surface area contributed by atoms with Crippen LogP contribution in [0.25, 0.3) is 0 Å². The fourth-order valence-electron chi connectivity index (χ4n) is 2.95. The highest BCUT2D eigenvalue weighted by Crippen LogP contribution is 2.19. The van der Waals surface area contributed by atoms with Crippen molar-refractivity contribution in [2.45, 2.75) is 17.9 Å². The van der Waals surface area contributed by atoms with E-state index in [0.717, 1.165) is 25.1 Å². The number of nitrogens with zero attached hydrogens (tertiary/aromatic N) is 2. The predicted molar refractivity (Wildman–Crippen MR) is 96.5 cm³/mol. The summed E-state index contributed by atoms with van der Waals surface area (Å²) in [6.45, 7) is 3.15. The van der Waals surface area contributed by atoms with Gasteiger partial charge in [0, 0.05) is 31.2 Å². The minimum atomic E-state index is -3.58. The molecule has 25 heavy (non-hydrogen) atoms. The summed E-state index contributed by atoms with van der Waals surface area (Å²) in [5, 5.41) is 0.705. The fraction of sp³-hybridized carbons (Fsp3) is 0.333. The van der Waals surface area contributed by atoms with Crippen LogP contribution in [-0.4, -0.2) is 43.8 Å². The molecule has 3 rings (SSSR count). The second-order valence-corrected chi connectivity index (χ2v) is 8.49. The van der Waals surface area contributed by atoms with Crippen LogP contribution in [0.4, 0.5) is 4.39 Å². The van der Waals surface area contributed by atoms with Crippen LogP contribution in [0.1, 0.15) is 12.0 Å². The van der Waals surface area contributed by atoms with Crippen LogP contribution in [0, 0.1) is 5.82 Å². The quantitative estimate of drug-likeness (QED) is 0.814. The standard InChI is InChI=1S/C18H20ClFN2O2S/c19-16-4-2-15(3-5-16)14-21-10-1-11-22(13-12-21)25(23,24)18-8-6-17(20)7-9-18/h2-9H,1,10-14H2. The van der Waals surface area contributed by atoms with E-state index in [1.165, 1.54) is 28.6 Å². The number of sulfonamides is 1. The highest BCUT2D eigenvalue weighted by molar-refractivity contribution is 7.89. The molecule has 4 nitrogen and oxygen atoms in total. The third kappa shape index (κ3) is 4.58. The molecule has 0 bridgehead atoms. The molecule has 2 aromatic carbocycles. The third-order valence-corrected chi connectivity index (χ3v) is 6.48. The van der Waals surface area contributed by atoms with E-state index in [-0.39, 0.29) is 4.90 Å². The Bertz CT molecular complexity index is 810. The minimum Gasteiger partial charge on any atom is -0.298 e. The molecule has 1 fully saturated rings. The molecule has 2 aromatic rings. The fourth-order valence-corrected chi connectivity index (χ4v) is 4.54. The van der Waals surface area contributed by atoms with Gasteiger partial charge < -0.3 is 0 Å². The maximum absolute atomic E-state index is 13.0. The van der Waals surface area contributed by atoms with Crippen LogP contribution < -0.4 is 0 Å². The smallest absolute Gasteiger partial charge is 0.243 e. The largest absolute Gasteiger partial charge is 0.298 e. The molecule has 1 aliphatic heterocycles. The molecular formula is C18H20ClFN2O2S. The summed E-state index contributed by atoms with van der Waals surface area (Å²) in [4.78, 5) is 2.38. The van der Waals surface area contributed by atoms with Crippen LogP contribution in [0.3, 0.4) is 0 Å². The normalized spacial score (nSPS) is 17.4. The van der Waals surface area contributed by atoms with E-state index in [9.17, 15) is 12.8 Å². The van der Waals surface area contributed by atoms with E-state index >= 15 is 0 Å². The molecular weight excluding hydrogens is 363 g/mol. The molecule has 0 spiro atoms. The van der Waals surface area contributed by atoms with E-state index in [4.69, 9.17) is 11.6 Å². The summed E-state index contributed by atoms with van der Waals surface area (Å²) in [5.41, 5.74) is 1.15. The summed E-state index contributed by atoms with van der Waals surface area (Å²) in [6.07, 6.45) is 0.758. The first-order valence-corrected chi connectivity index (χ1v) is 9.99. The molecule has 0 amide bonds. The Labute approximate surface area is 152 Å². The van der Waals surface area contributed by atoms with Crippen LogP contribution in [0.2, 0.25) is 5.02 Å². The average molecular weight is 383 g/mol. The van der Waals surface area contributed by atoms with Gasteiger partial charge in [-0.3, -0.25) is 4.90 Å². The zero-order valence-electron chi connectivity index (χ0n) is 13.7. The highest BCUT2D eigenvalue weighted by atomic mass is 35.5. The monoisotopic (exact) mass is 382 g/mol. The molecule has 0 aromatic heterocycles. The van der Waals surface area contributed by atoms with E-state index in [2.05, 4.69) is 4.90 Å². The summed E-state index contributed by atoms with van der Waals surface area (Å²) in [6, 6.07) is 12.7. The molecule has 0 unspecified atom stereocenters. The summed E-state index contributed by atoms with van der Waals surface area (Å²) in [7, 11) is -3.58. The lowest BCUT2D eigenvalue weighted by atomic mass is 10.2. The summed E-state index contributed by atoms with van der Waals surface area (Å²) < 4.78 is 40.0. The molecule has 134 valence electrons. The summed E-state index contributed by atoms with van der Waals surface area (Å²) >= 11 is 5.91. The summed E-state index contributed by atoms with van der Waals surface area (Å²) in [5.74, 6) is -0.441. The van der Waals surface area contributed by atoms with Crippen molar-refractivity contribution in [3.8, 4) is 0 Å². The molecule has 0 atom stereocenters. The SMILES string of the molecule is O=S(=O)(c1ccc(F)cc1)N1CCCN(Cc2ccc(Cl)cc2)CC1. The third-order valence-electron chi connectivity index (χ3n) is 4.32. The van der Waals surface area contributed by atoms with Crippen molar-refractivity contribution >= 4 is 21.6 Å². The number of halogens is 2. The lowest BCUT2D eigenvalue weighted by Gasteiger charge is -2.22. The number of hydrogen-bond acceptors (Lipinski definition) is 3. The highest BCUT2D eigenvalue weighted by Gasteiger charge is 2.26. The van der Waals surface area contributed by atoms with Gasteiger partial charge in [-0.2, -0.15) is 4.31 Å². The maximum Gasteiger partial charge on any atom is 0.243 e. The van der Waals surface area contributed by atoms with Crippen molar-refractivity contribution in [1.29, 1.82) is 0 Å². The molecule has 7 heteroatoms. The lowest BCUT2D eigenvalue weighted by molar-refractivity contribution is 0.278. The van der Waals surface area contributed by atoms with Crippen LogP contribution in [0.5, 0.6) is 0 Å². The Balaban J connectivity index is 1.66. The molecule has 0 radical (unpaired) electrons. The van der Waals surface area contributed by atoms with Gasteiger partial charge in [-0.15, -0.1) is 0 Å². The van der Waals surface area contributed by atoms with Gasteiger partial charge in [0.05, 0.1) is 4.90 Å². The van der Waals surface area contributed by atoms with Crippen molar-refractivity contribution in [3.05, 3.63) is 64.9 Å². The van der Waals surface area contributed by atoms with Crippen LogP contribution >= 0.6 is 11.6 Å². The molecule has 1 saturated heterocycles. The lowest BCUT2D eigenvalue weighted by Crippen LogP contribution is -2.35. The molecule has 0 saturated carbocycles. The van der Waals surface area contributed by atoms with Gasteiger partial charge in [-0.1, -0.05) is 23.7 Å². The Kier molecular flexibility index (Phi) is 5.74. The molecule has 0 aliphatic carbocycles. The van der Waals surface area contributed by atoms with Gasteiger partial charge in [0.2, 0.25) is 10.0 Å². The van der Waals surface area contributed by atoms with E-state index in [1.807, 2.05) is 24.3 Å². The van der Waals surface area contributed by atoms with E-state index in [0.29, 0.717) is 24.7 Å². The van der Waals surface area contributed by atoms with Crippen molar-refractivity contribution in [2.75, 3.05) is 26.2 Å². The first-order chi connectivity index (χ1) is 11.9. The van der Waals surface area contributed by atoms with E-state index < -0.39 is 15.8 Å². The van der Waals surface area contributed by atoms with Gasteiger partial charge in [0.25, 0.3) is 0 Å². The zero-order valence-corrected chi connectivity index (χ0v) is 15.3. The van der Waals surface area contributed by atoms with Crippen molar-refractivity contribution in [3.63, 3.8) is 0 Å². The minimum absolute atomic E-state index is 0.139. The van der Waals surface area contributed by atoms with Crippen molar-refractivity contribution in [2.24, 2.45) is 0 Å². The van der Waals surface area contributed by atoms with Crippen LogP contribution in [0.15, 0.2) is 53.4 Å². The predicted octanol–water partition coefficient (Wildman–Crippen LogP) is 3.38. The van der Waals surface area contributed by atoms with Crippen molar-refractivity contribution < 1.29 is 12.8 Å². The Hall–Kier alpha value is -1.47. The topological polar surface area (TPSA) is 40.6 Å². The molecule has 0 N–H and O–H groups in total. The average Bonchev–Trinajstić information content (AvgIpc) is 2.83. The van der Waals surface area contributed by atoms with E-state index in [1.54, 1.807) is 0 Å². The number of rotatable bonds is 4. The Morgan fingerprint density at radius 1 is 0.920 bits per heavy atom. The number of hydrogen-bond donors (Lipinski definition) is 0. The maximum atomic E-state index is 13.0. The Morgan fingerprint density at radius 3 is 2.28 bits per heavy atom. The molecule has 1 aliphatic rings. The van der Waals surface area contributed by atoms with Crippen LogP contribution in [-0.2, 0) is 16.6 Å². The van der Waals surface area contributed by atoms with Crippen molar-refractivity contribution in [1.82, 2.24) is 9.21 Å². The first-order valence-electron chi connectivity index (χ1n) is 8.18. The van der Waals surface area contributed by atoms with Gasteiger partial charge in [-0.05, 0) is 54.9 Å². The van der Waals surface area contributed by atoms with Gasteiger partial charge in [0.1, 0.15) is 5.82 Å². The second kappa shape index (κ2) is 7.83. The van der Waals surface area contributed by atoms with Gasteiger partial charge in [-0.25, -0.2) is 12.8 Å². The first kappa shape index (κ1) is 18.3. The van der Waals surface area contributed by atoms with Gasteiger partial charge in [0.15, 0.2) is 0 Å².